The van der Waals surface area contributed by atoms with Crippen molar-refractivity contribution < 1.29 is 4.39 Å². The van der Waals surface area contributed by atoms with E-state index in [9.17, 15) is 4.39 Å². The van der Waals surface area contributed by atoms with Crippen molar-refractivity contribution in [2.75, 3.05) is 6.54 Å². The largest absolute Gasteiger partial charge is 0.330 e. The first-order valence-electron chi connectivity index (χ1n) is 5.97. The molecule has 1 aromatic heterocycles. The van der Waals surface area contributed by atoms with Gasteiger partial charge in [-0.3, -0.25) is 0 Å². The van der Waals surface area contributed by atoms with Gasteiger partial charge in [-0.15, -0.1) is 0 Å². The van der Waals surface area contributed by atoms with Crippen LogP contribution < -0.4 is 5.73 Å². The molecule has 0 aliphatic rings. The van der Waals surface area contributed by atoms with E-state index in [1.54, 1.807) is 30.5 Å². The molecule has 2 aromatic rings. The summed E-state index contributed by atoms with van der Waals surface area (Å²) >= 11 is 0. The molecular weight excluding hydrogens is 229 g/mol. The quantitative estimate of drug-likeness (QED) is 0.900. The Labute approximate surface area is 106 Å². The number of nitrogens with zero attached hydrogens (tertiary/aromatic N) is 2. The molecule has 0 radical (unpaired) electrons. The monoisotopic (exact) mass is 245 g/mol. The highest BCUT2D eigenvalue weighted by Crippen LogP contribution is 2.20. The van der Waals surface area contributed by atoms with E-state index in [1.165, 1.54) is 6.07 Å². The second-order valence-electron chi connectivity index (χ2n) is 4.38. The summed E-state index contributed by atoms with van der Waals surface area (Å²) in [5, 5.41) is 0. The van der Waals surface area contributed by atoms with Gasteiger partial charge >= 0.3 is 0 Å². The van der Waals surface area contributed by atoms with E-state index in [0.29, 0.717) is 36.0 Å². The summed E-state index contributed by atoms with van der Waals surface area (Å²) in [4.78, 5) is 8.58. The van der Waals surface area contributed by atoms with Gasteiger partial charge in [0.1, 0.15) is 11.6 Å². The third-order valence-corrected chi connectivity index (χ3v) is 2.79. The number of benzene rings is 1. The summed E-state index contributed by atoms with van der Waals surface area (Å²) in [7, 11) is 0. The zero-order chi connectivity index (χ0) is 13.0. The van der Waals surface area contributed by atoms with Crippen LogP contribution in [0.4, 0.5) is 4.39 Å². The smallest absolute Gasteiger partial charge is 0.132 e. The summed E-state index contributed by atoms with van der Waals surface area (Å²) in [5.41, 5.74) is 6.69. The predicted octanol–water partition coefficient (Wildman–Crippen LogP) is 2.42. The van der Waals surface area contributed by atoms with E-state index in [1.807, 2.05) is 6.92 Å². The maximum Gasteiger partial charge on any atom is 0.132 e. The second kappa shape index (κ2) is 5.69. The van der Waals surface area contributed by atoms with Crippen molar-refractivity contribution in [1.82, 2.24) is 9.97 Å². The zero-order valence-electron chi connectivity index (χ0n) is 10.3. The van der Waals surface area contributed by atoms with Crippen molar-refractivity contribution in [3.05, 3.63) is 48.2 Å². The van der Waals surface area contributed by atoms with Gasteiger partial charge in [-0.1, -0.05) is 19.1 Å². The lowest BCUT2D eigenvalue weighted by Gasteiger charge is -2.08. The van der Waals surface area contributed by atoms with E-state index >= 15 is 0 Å². The second-order valence-corrected chi connectivity index (χ2v) is 4.38. The van der Waals surface area contributed by atoms with Crippen molar-refractivity contribution in [3.8, 4) is 11.3 Å². The number of rotatable bonds is 4. The van der Waals surface area contributed by atoms with E-state index in [0.717, 1.165) is 0 Å². The molecule has 4 heteroatoms. The van der Waals surface area contributed by atoms with Gasteiger partial charge in [-0.05, 0) is 30.7 Å². The first-order chi connectivity index (χ1) is 8.70. The van der Waals surface area contributed by atoms with Gasteiger partial charge in [-0.2, -0.15) is 0 Å². The minimum Gasteiger partial charge on any atom is -0.330 e. The Bertz CT molecular complexity index is 528. The molecule has 3 nitrogen and oxygen atoms in total. The predicted molar refractivity (Wildman–Crippen MR) is 69.3 cm³/mol. The molecule has 18 heavy (non-hydrogen) atoms. The first-order valence-corrected chi connectivity index (χ1v) is 5.97. The maximum absolute atomic E-state index is 13.7. The normalized spacial score (nSPS) is 12.4. The number of nitrogens with two attached hydrogens (primary N) is 1. The third-order valence-electron chi connectivity index (χ3n) is 2.79. The standard InChI is InChI=1S/C14H16FN3/c1-10(9-16)8-14-17-7-6-13(18-14)11-4-2-3-5-12(11)15/h2-7,10H,8-9,16H2,1H3. The van der Waals surface area contributed by atoms with Gasteiger partial charge in [0.2, 0.25) is 0 Å². The van der Waals surface area contributed by atoms with Gasteiger partial charge in [0.15, 0.2) is 0 Å². The van der Waals surface area contributed by atoms with Crippen LogP contribution in [-0.2, 0) is 6.42 Å². The number of halogens is 1. The summed E-state index contributed by atoms with van der Waals surface area (Å²) in [6.07, 6.45) is 2.37. The van der Waals surface area contributed by atoms with Crippen molar-refractivity contribution in [1.29, 1.82) is 0 Å². The Hall–Kier alpha value is -1.81. The molecule has 0 aliphatic heterocycles. The van der Waals surface area contributed by atoms with Gasteiger partial charge in [0.25, 0.3) is 0 Å². The third kappa shape index (κ3) is 2.90. The van der Waals surface area contributed by atoms with Crippen LogP contribution >= 0.6 is 0 Å². The fourth-order valence-corrected chi connectivity index (χ4v) is 1.71. The fraction of sp³-hybridized carbons (Fsp3) is 0.286. The minimum absolute atomic E-state index is 0.269. The molecule has 0 amide bonds. The Morgan fingerprint density at radius 3 is 2.78 bits per heavy atom. The molecule has 0 fully saturated rings. The van der Waals surface area contributed by atoms with Crippen LogP contribution in [0.3, 0.4) is 0 Å². The van der Waals surface area contributed by atoms with Gasteiger partial charge < -0.3 is 5.73 Å². The maximum atomic E-state index is 13.7. The van der Waals surface area contributed by atoms with Gasteiger partial charge in [0, 0.05) is 18.2 Å². The topological polar surface area (TPSA) is 51.8 Å². The highest BCUT2D eigenvalue weighted by Gasteiger charge is 2.08. The van der Waals surface area contributed by atoms with E-state index in [4.69, 9.17) is 5.73 Å². The Balaban J connectivity index is 2.30. The zero-order valence-corrected chi connectivity index (χ0v) is 10.3. The molecule has 2 rings (SSSR count). The Kier molecular flexibility index (Phi) is 3.99. The lowest BCUT2D eigenvalue weighted by Crippen LogP contribution is -2.14. The van der Waals surface area contributed by atoms with Crippen molar-refractivity contribution in [2.24, 2.45) is 11.7 Å². The van der Waals surface area contributed by atoms with Crippen molar-refractivity contribution >= 4 is 0 Å². The number of hydrogen-bond donors (Lipinski definition) is 1. The molecule has 0 spiro atoms. The molecule has 0 saturated heterocycles. The average molecular weight is 245 g/mol. The van der Waals surface area contributed by atoms with Crippen LogP contribution in [0.5, 0.6) is 0 Å². The average Bonchev–Trinajstić information content (AvgIpc) is 2.39. The molecule has 0 bridgehead atoms. The minimum atomic E-state index is -0.269. The highest BCUT2D eigenvalue weighted by atomic mass is 19.1. The molecule has 1 unspecified atom stereocenters. The SMILES string of the molecule is CC(CN)Cc1nccc(-c2ccccc2F)n1. The van der Waals surface area contributed by atoms with Gasteiger partial charge in [0.05, 0.1) is 5.69 Å². The van der Waals surface area contributed by atoms with E-state index in [2.05, 4.69) is 9.97 Å². The Morgan fingerprint density at radius 1 is 1.28 bits per heavy atom. The molecule has 0 saturated carbocycles. The van der Waals surface area contributed by atoms with Crippen LogP contribution in [-0.4, -0.2) is 16.5 Å². The first kappa shape index (κ1) is 12.6. The van der Waals surface area contributed by atoms with Crippen LogP contribution in [0.25, 0.3) is 11.3 Å². The lowest BCUT2D eigenvalue weighted by molar-refractivity contribution is 0.573. The molecule has 0 aliphatic carbocycles. The van der Waals surface area contributed by atoms with Crippen LogP contribution in [0.15, 0.2) is 36.5 Å². The molecule has 1 atom stereocenters. The van der Waals surface area contributed by atoms with E-state index in [-0.39, 0.29) is 5.82 Å². The van der Waals surface area contributed by atoms with Crippen LogP contribution in [0.1, 0.15) is 12.7 Å². The molecule has 1 heterocycles. The highest BCUT2D eigenvalue weighted by molar-refractivity contribution is 5.59. The summed E-state index contributed by atoms with van der Waals surface area (Å²) in [6.45, 7) is 2.63. The van der Waals surface area contributed by atoms with E-state index < -0.39 is 0 Å². The molecule has 1 aromatic carbocycles. The number of hydrogen-bond acceptors (Lipinski definition) is 3. The summed E-state index contributed by atoms with van der Waals surface area (Å²) in [5.74, 6) is 0.753. The molecule has 2 N–H and O–H groups in total. The molecule has 94 valence electrons. The molecular formula is C14H16FN3. The van der Waals surface area contributed by atoms with Crippen molar-refractivity contribution in [2.45, 2.75) is 13.3 Å². The summed E-state index contributed by atoms with van der Waals surface area (Å²) in [6, 6.07) is 8.32. The van der Waals surface area contributed by atoms with Crippen molar-refractivity contribution in [3.63, 3.8) is 0 Å². The van der Waals surface area contributed by atoms with Crippen LogP contribution in [0.2, 0.25) is 0 Å². The Morgan fingerprint density at radius 2 is 2.06 bits per heavy atom. The number of aromatic nitrogens is 2. The fourth-order valence-electron chi connectivity index (χ4n) is 1.71. The lowest BCUT2D eigenvalue weighted by atomic mass is 10.1. The van der Waals surface area contributed by atoms with Crippen LogP contribution in [0, 0.1) is 11.7 Å². The summed E-state index contributed by atoms with van der Waals surface area (Å²) < 4.78 is 13.7. The van der Waals surface area contributed by atoms with Gasteiger partial charge in [-0.25, -0.2) is 14.4 Å².